The minimum Gasteiger partial charge on any atom is -0.363 e. The first-order valence-electron chi connectivity index (χ1n) is 10.8. The highest BCUT2D eigenvalue weighted by atomic mass is 32.1. The van der Waals surface area contributed by atoms with Crippen LogP contribution in [0.4, 0.5) is 19.0 Å². The van der Waals surface area contributed by atoms with E-state index in [1.165, 1.54) is 0 Å². The van der Waals surface area contributed by atoms with Crippen molar-refractivity contribution in [3.63, 3.8) is 0 Å². The molecule has 3 heterocycles. The zero-order chi connectivity index (χ0) is 23.9. The van der Waals surface area contributed by atoms with E-state index in [2.05, 4.69) is 25.5 Å². The van der Waals surface area contributed by atoms with Crippen LogP contribution in [0.1, 0.15) is 41.6 Å². The smallest absolute Gasteiger partial charge is 0.363 e. The molecule has 178 valence electrons. The third kappa shape index (κ3) is 4.84. The van der Waals surface area contributed by atoms with E-state index < -0.39 is 18.3 Å². The van der Waals surface area contributed by atoms with Gasteiger partial charge < -0.3 is 10.2 Å². The standard InChI is InChI=1S/C22H28F3N7S/c1-13-6-7-15(10-14(13)2)16-11-18(22(23,24)25)32-19(26-16)12-17(29-32)20-27-28-21(33)31(20)9-5-8-30(3)4/h6-7,10,12,16,18,26H,5,8-9,11H2,1-4H3,(H,28,33)/t16-,18+/m1/s1. The molecule has 33 heavy (non-hydrogen) atoms. The Kier molecular flexibility index (Phi) is 6.37. The average molecular weight is 480 g/mol. The van der Waals surface area contributed by atoms with Crippen LogP contribution in [0.15, 0.2) is 24.3 Å². The molecule has 7 nitrogen and oxygen atoms in total. The number of rotatable bonds is 6. The van der Waals surface area contributed by atoms with Gasteiger partial charge in [0.2, 0.25) is 0 Å². The van der Waals surface area contributed by atoms with Crippen molar-refractivity contribution >= 4 is 18.0 Å². The van der Waals surface area contributed by atoms with Gasteiger partial charge in [0.1, 0.15) is 11.5 Å². The lowest BCUT2D eigenvalue weighted by molar-refractivity contribution is -0.173. The molecule has 4 rings (SSSR count). The van der Waals surface area contributed by atoms with Crippen LogP contribution in [0.25, 0.3) is 11.5 Å². The van der Waals surface area contributed by atoms with Crippen molar-refractivity contribution in [2.45, 2.75) is 51.5 Å². The second-order valence-electron chi connectivity index (χ2n) is 8.85. The van der Waals surface area contributed by atoms with Crippen molar-refractivity contribution in [1.29, 1.82) is 0 Å². The summed E-state index contributed by atoms with van der Waals surface area (Å²) in [7, 11) is 3.96. The van der Waals surface area contributed by atoms with Crippen LogP contribution >= 0.6 is 12.2 Å². The lowest BCUT2D eigenvalue weighted by Gasteiger charge is -2.33. The third-order valence-electron chi connectivity index (χ3n) is 6.10. The molecule has 3 aromatic rings. The van der Waals surface area contributed by atoms with Crippen LogP contribution in [-0.2, 0) is 6.54 Å². The second-order valence-corrected chi connectivity index (χ2v) is 9.24. The third-order valence-corrected chi connectivity index (χ3v) is 6.41. The highest BCUT2D eigenvalue weighted by Gasteiger charge is 2.46. The van der Waals surface area contributed by atoms with Gasteiger partial charge in [-0.05, 0) is 69.8 Å². The SMILES string of the molecule is Cc1ccc([C@H]2C[C@@H](C(F)(F)F)n3nc(-c4n[nH]c(=S)n4CCCN(C)C)cc3N2)cc1C. The average Bonchev–Trinajstić information content (AvgIpc) is 3.31. The van der Waals surface area contributed by atoms with Crippen molar-refractivity contribution in [2.75, 3.05) is 26.0 Å². The quantitative estimate of drug-likeness (QED) is 0.486. The maximum atomic E-state index is 14.1. The van der Waals surface area contributed by atoms with Crippen LogP contribution < -0.4 is 5.32 Å². The first kappa shape index (κ1) is 23.5. The summed E-state index contributed by atoms with van der Waals surface area (Å²) in [5.41, 5.74) is 3.33. The molecule has 0 saturated heterocycles. The topological polar surface area (TPSA) is 66.7 Å². The van der Waals surface area contributed by atoms with Gasteiger partial charge in [0.05, 0.1) is 6.04 Å². The number of benzene rings is 1. The van der Waals surface area contributed by atoms with Gasteiger partial charge in [-0.2, -0.15) is 23.4 Å². The lowest BCUT2D eigenvalue weighted by Crippen LogP contribution is -2.35. The van der Waals surface area contributed by atoms with Gasteiger partial charge in [-0.15, -0.1) is 0 Å². The van der Waals surface area contributed by atoms with Crippen LogP contribution in [-0.4, -0.2) is 56.3 Å². The largest absolute Gasteiger partial charge is 0.410 e. The minimum atomic E-state index is -4.44. The minimum absolute atomic E-state index is 0.143. The highest BCUT2D eigenvalue weighted by Crippen LogP contribution is 2.44. The fourth-order valence-corrected chi connectivity index (χ4v) is 4.37. The number of aryl methyl sites for hydroxylation is 2. The van der Waals surface area contributed by atoms with E-state index >= 15 is 0 Å². The van der Waals surface area contributed by atoms with Gasteiger partial charge in [-0.3, -0.25) is 9.67 Å². The molecule has 1 aromatic carbocycles. The lowest BCUT2D eigenvalue weighted by atomic mass is 9.94. The predicted octanol–water partition coefficient (Wildman–Crippen LogP) is 5.03. The Balaban J connectivity index is 1.70. The monoisotopic (exact) mass is 479 g/mol. The molecule has 0 bridgehead atoms. The summed E-state index contributed by atoms with van der Waals surface area (Å²) in [6, 6.07) is 5.18. The summed E-state index contributed by atoms with van der Waals surface area (Å²) < 4.78 is 45.4. The molecule has 1 aliphatic rings. The Bertz CT molecular complexity index is 1190. The van der Waals surface area contributed by atoms with Crippen LogP contribution in [0.2, 0.25) is 0 Å². The fraction of sp³-hybridized carbons (Fsp3) is 0.500. The molecule has 2 aromatic heterocycles. The molecule has 0 amide bonds. The molecule has 2 N–H and O–H groups in total. The van der Waals surface area contributed by atoms with E-state index in [9.17, 15) is 13.2 Å². The summed E-state index contributed by atoms with van der Waals surface area (Å²) in [6.45, 7) is 5.39. The summed E-state index contributed by atoms with van der Waals surface area (Å²) >= 11 is 5.35. The number of alkyl halides is 3. The summed E-state index contributed by atoms with van der Waals surface area (Å²) in [6.07, 6.45) is -3.76. The number of nitrogens with one attached hydrogen (secondary N) is 2. The molecule has 0 aliphatic carbocycles. The number of H-pyrrole nitrogens is 1. The van der Waals surface area contributed by atoms with Crippen molar-refractivity contribution < 1.29 is 13.2 Å². The van der Waals surface area contributed by atoms with E-state index in [1.807, 2.05) is 46.1 Å². The number of anilines is 1. The Morgan fingerprint density at radius 2 is 1.94 bits per heavy atom. The predicted molar refractivity (Wildman–Crippen MR) is 124 cm³/mol. The molecule has 11 heteroatoms. The molecule has 0 fully saturated rings. The normalized spacial score (nSPS) is 18.4. The Morgan fingerprint density at radius 3 is 2.61 bits per heavy atom. The van der Waals surface area contributed by atoms with Gasteiger partial charge in [-0.25, -0.2) is 4.68 Å². The molecule has 0 radical (unpaired) electrons. The number of halogens is 3. The van der Waals surface area contributed by atoms with E-state index in [1.54, 1.807) is 10.6 Å². The number of hydrogen-bond donors (Lipinski definition) is 2. The number of hydrogen-bond acceptors (Lipinski definition) is 5. The van der Waals surface area contributed by atoms with Crippen LogP contribution in [0.5, 0.6) is 0 Å². The van der Waals surface area contributed by atoms with E-state index in [0.29, 0.717) is 28.7 Å². The first-order valence-corrected chi connectivity index (χ1v) is 11.3. The summed E-state index contributed by atoms with van der Waals surface area (Å²) in [4.78, 5) is 2.06. The molecule has 0 spiro atoms. The van der Waals surface area contributed by atoms with Crippen LogP contribution in [0.3, 0.4) is 0 Å². The Morgan fingerprint density at radius 1 is 1.18 bits per heavy atom. The van der Waals surface area contributed by atoms with E-state index in [0.717, 1.165) is 34.3 Å². The van der Waals surface area contributed by atoms with Gasteiger partial charge in [0, 0.05) is 19.0 Å². The van der Waals surface area contributed by atoms with Gasteiger partial charge in [-0.1, -0.05) is 18.2 Å². The number of aromatic nitrogens is 5. The van der Waals surface area contributed by atoms with E-state index in [-0.39, 0.29) is 6.42 Å². The Labute approximate surface area is 195 Å². The maximum absolute atomic E-state index is 14.1. The van der Waals surface area contributed by atoms with Gasteiger partial charge >= 0.3 is 6.18 Å². The van der Waals surface area contributed by atoms with Gasteiger partial charge in [0.15, 0.2) is 16.6 Å². The molecule has 1 aliphatic heterocycles. The molecule has 2 atom stereocenters. The van der Waals surface area contributed by atoms with Crippen molar-refractivity contribution in [3.8, 4) is 11.5 Å². The zero-order valence-corrected chi connectivity index (χ0v) is 19.9. The number of fused-ring (bicyclic) bond motifs is 1. The van der Waals surface area contributed by atoms with E-state index in [4.69, 9.17) is 12.2 Å². The highest BCUT2D eigenvalue weighted by molar-refractivity contribution is 7.71. The fourth-order valence-electron chi connectivity index (χ4n) is 4.15. The molecule has 0 saturated carbocycles. The van der Waals surface area contributed by atoms with Gasteiger partial charge in [0.25, 0.3) is 0 Å². The molecule has 0 unspecified atom stereocenters. The summed E-state index contributed by atoms with van der Waals surface area (Å²) in [5, 5.41) is 14.6. The maximum Gasteiger partial charge on any atom is 0.410 e. The van der Waals surface area contributed by atoms with Crippen molar-refractivity contribution in [3.05, 3.63) is 45.7 Å². The first-order chi connectivity index (χ1) is 15.5. The van der Waals surface area contributed by atoms with Crippen molar-refractivity contribution in [1.82, 2.24) is 29.4 Å². The Hall–Kier alpha value is -2.66. The number of aromatic amines is 1. The van der Waals surface area contributed by atoms with Crippen LogP contribution in [0, 0.1) is 18.6 Å². The molecular formula is C22H28F3N7S. The van der Waals surface area contributed by atoms with Crippen molar-refractivity contribution in [2.24, 2.45) is 0 Å². The summed E-state index contributed by atoms with van der Waals surface area (Å²) in [5.74, 6) is 0.752. The zero-order valence-electron chi connectivity index (χ0n) is 19.1. The molecular weight excluding hydrogens is 451 g/mol. The second kappa shape index (κ2) is 8.94. The number of nitrogens with zero attached hydrogens (tertiary/aromatic N) is 5.